The number of halogens is 2. The zero-order valence-electron chi connectivity index (χ0n) is 15.7. The predicted octanol–water partition coefficient (Wildman–Crippen LogP) is 5.55. The lowest BCUT2D eigenvalue weighted by Gasteiger charge is -2.27. The molecular weight excluding hydrogens is 389 g/mol. The Labute approximate surface area is 168 Å². The van der Waals surface area contributed by atoms with Crippen LogP contribution in [0.3, 0.4) is 0 Å². The summed E-state index contributed by atoms with van der Waals surface area (Å²) in [5, 5.41) is 15.4. The molecule has 2 rings (SSSR count). The molecule has 1 N–H and O–H groups in total. The number of anilines is 3. The highest BCUT2D eigenvalue weighted by Gasteiger charge is 2.28. The highest BCUT2D eigenvalue weighted by Crippen LogP contribution is 2.37. The summed E-state index contributed by atoms with van der Waals surface area (Å²) in [6.45, 7) is 9.54. The van der Waals surface area contributed by atoms with E-state index in [0.717, 1.165) is 0 Å². The Kier molecular flexibility index (Phi) is 7.21. The maximum absolute atomic E-state index is 11.9. The van der Waals surface area contributed by atoms with Crippen LogP contribution >= 0.6 is 23.2 Å². The third kappa shape index (κ3) is 5.43. The maximum atomic E-state index is 11.9. The highest BCUT2D eigenvalue weighted by molar-refractivity contribution is 6.43. The van der Waals surface area contributed by atoms with Gasteiger partial charge in [-0.2, -0.15) is 0 Å². The Balaban J connectivity index is 2.52. The fourth-order valence-corrected chi connectivity index (χ4v) is 3.07. The minimum atomic E-state index is -0.468. The van der Waals surface area contributed by atoms with Gasteiger partial charge in [0, 0.05) is 13.1 Å². The minimum absolute atomic E-state index is 0.0756. The van der Waals surface area contributed by atoms with Crippen molar-refractivity contribution < 1.29 is 4.92 Å². The van der Waals surface area contributed by atoms with Gasteiger partial charge in [0.2, 0.25) is 11.6 Å². The molecule has 0 fully saturated rings. The molecule has 0 bridgehead atoms. The first kappa shape index (κ1) is 21.2. The van der Waals surface area contributed by atoms with Gasteiger partial charge in [0.05, 0.1) is 20.7 Å². The van der Waals surface area contributed by atoms with Gasteiger partial charge in [0.1, 0.15) is 6.33 Å². The van der Waals surface area contributed by atoms with Crippen LogP contribution in [-0.2, 0) is 0 Å². The molecule has 0 unspecified atom stereocenters. The largest absolute Gasteiger partial charge is 0.353 e. The van der Waals surface area contributed by atoms with E-state index in [1.165, 1.54) is 6.33 Å². The summed E-state index contributed by atoms with van der Waals surface area (Å²) in [5.41, 5.74) is 0.256. The first-order chi connectivity index (χ1) is 12.7. The summed E-state index contributed by atoms with van der Waals surface area (Å²) < 4.78 is 0. The van der Waals surface area contributed by atoms with Crippen LogP contribution in [0.4, 0.5) is 23.0 Å². The molecule has 0 aliphatic carbocycles. The van der Waals surface area contributed by atoms with Gasteiger partial charge in [-0.05, 0) is 24.0 Å². The average molecular weight is 412 g/mol. The third-order valence-electron chi connectivity index (χ3n) is 3.66. The second-order valence-corrected chi connectivity index (χ2v) is 7.86. The summed E-state index contributed by atoms with van der Waals surface area (Å²) >= 11 is 12.2. The molecule has 146 valence electrons. The van der Waals surface area contributed by atoms with Crippen LogP contribution < -0.4 is 10.2 Å². The molecule has 2 aromatic rings. The van der Waals surface area contributed by atoms with Gasteiger partial charge in [0.15, 0.2) is 0 Å². The first-order valence-electron chi connectivity index (χ1n) is 8.66. The predicted molar refractivity (Wildman–Crippen MR) is 110 cm³/mol. The topological polar surface area (TPSA) is 84.2 Å². The zero-order valence-corrected chi connectivity index (χ0v) is 17.3. The lowest BCUT2D eigenvalue weighted by Crippen LogP contribution is -2.32. The number of aromatic nitrogens is 2. The molecule has 9 heteroatoms. The number of nitrogens with zero attached hydrogens (tertiary/aromatic N) is 4. The summed E-state index contributed by atoms with van der Waals surface area (Å²) in [6.07, 6.45) is 1.32. The molecule has 0 atom stereocenters. The Bertz CT molecular complexity index is 804. The molecule has 7 nitrogen and oxygen atoms in total. The molecule has 27 heavy (non-hydrogen) atoms. The van der Waals surface area contributed by atoms with E-state index in [1.807, 2.05) is 4.90 Å². The summed E-state index contributed by atoms with van der Waals surface area (Å²) in [5.74, 6) is 0.999. The Morgan fingerprint density at radius 1 is 1.15 bits per heavy atom. The number of rotatable bonds is 8. The van der Waals surface area contributed by atoms with Crippen molar-refractivity contribution in [3.8, 4) is 0 Å². The van der Waals surface area contributed by atoms with Crippen LogP contribution in [0.1, 0.15) is 27.7 Å². The first-order valence-corrected chi connectivity index (χ1v) is 9.41. The molecule has 0 aliphatic rings. The van der Waals surface area contributed by atoms with Crippen molar-refractivity contribution in [2.24, 2.45) is 11.8 Å². The van der Waals surface area contributed by atoms with E-state index in [2.05, 4.69) is 43.0 Å². The molecule has 0 spiro atoms. The van der Waals surface area contributed by atoms with Crippen molar-refractivity contribution in [3.05, 3.63) is 44.7 Å². The van der Waals surface area contributed by atoms with Crippen molar-refractivity contribution in [1.29, 1.82) is 0 Å². The standard InChI is InChI=1S/C18H23Cl2N5O2/c1-11(2)8-24(9-12(3)4)18-16(25(26)27)17(21-10-22-18)23-14-7-5-6-13(19)15(14)20/h5-7,10-12H,8-9H2,1-4H3,(H,21,22,23). The monoisotopic (exact) mass is 411 g/mol. The zero-order chi connectivity index (χ0) is 20.1. The van der Waals surface area contributed by atoms with Crippen molar-refractivity contribution in [1.82, 2.24) is 9.97 Å². The van der Waals surface area contributed by atoms with Crippen molar-refractivity contribution >= 4 is 46.2 Å². The van der Waals surface area contributed by atoms with Crippen LogP contribution in [0.2, 0.25) is 10.0 Å². The van der Waals surface area contributed by atoms with Gasteiger partial charge in [-0.15, -0.1) is 0 Å². The SMILES string of the molecule is CC(C)CN(CC(C)C)c1ncnc(Nc2cccc(Cl)c2Cl)c1[N+](=O)[O-]. The lowest BCUT2D eigenvalue weighted by molar-refractivity contribution is -0.383. The van der Waals surface area contributed by atoms with E-state index in [1.54, 1.807) is 18.2 Å². The lowest BCUT2D eigenvalue weighted by atomic mass is 10.1. The second kappa shape index (κ2) is 9.19. The Morgan fingerprint density at radius 2 is 1.78 bits per heavy atom. The minimum Gasteiger partial charge on any atom is -0.350 e. The van der Waals surface area contributed by atoms with E-state index in [9.17, 15) is 10.1 Å². The van der Waals surface area contributed by atoms with Gasteiger partial charge in [0.25, 0.3) is 0 Å². The number of nitro groups is 1. The molecule has 0 saturated carbocycles. The quantitative estimate of drug-likeness (QED) is 0.452. The summed E-state index contributed by atoms with van der Waals surface area (Å²) in [7, 11) is 0. The highest BCUT2D eigenvalue weighted by atomic mass is 35.5. The van der Waals surface area contributed by atoms with Gasteiger partial charge >= 0.3 is 5.69 Å². The van der Waals surface area contributed by atoms with Gasteiger partial charge in [-0.1, -0.05) is 57.0 Å². The molecule has 0 saturated heterocycles. The third-order valence-corrected chi connectivity index (χ3v) is 4.48. The number of nitrogens with one attached hydrogen (secondary N) is 1. The normalized spacial score (nSPS) is 11.1. The number of hydrogen-bond acceptors (Lipinski definition) is 6. The van der Waals surface area contributed by atoms with E-state index >= 15 is 0 Å². The fraction of sp³-hybridized carbons (Fsp3) is 0.444. The van der Waals surface area contributed by atoms with Crippen LogP contribution in [0, 0.1) is 22.0 Å². The summed E-state index contributed by atoms with van der Waals surface area (Å²) in [6, 6.07) is 5.02. The molecule has 1 heterocycles. The molecular formula is C18H23Cl2N5O2. The van der Waals surface area contributed by atoms with Crippen LogP contribution in [-0.4, -0.2) is 28.0 Å². The summed E-state index contributed by atoms with van der Waals surface area (Å²) in [4.78, 5) is 21.6. The number of hydrogen-bond donors (Lipinski definition) is 1. The maximum Gasteiger partial charge on any atom is 0.353 e. The van der Waals surface area contributed by atoms with E-state index < -0.39 is 4.92 Å². The van der Waals surface area contributed by atoms with E-state index in [-0.39, 0.29) is 22.3 Å². The Hall–Kier alpha value is -2.12. The average Bonchev–Trinajstić information content (AvgIpc) is 2.57. The Morgan fingerprint density at radius 3 is 2.33 bits per heavy atom. The van der Waals surface area contributed by atoms with Crippen LogP contribution in [0.15, 0.2) is 24.5 Å². The van der Waals surface area contributed by atoms with Crippen LogP contribution in [0.25, 0.3) is 0 Å². The van der Waals surface area contributed by atoms with Crippen molar-refractivity contribution in [2.45, 2.75) is 27.7 Å². The van der Waals surface area contributed by atoms with Crippen molar-refractivity contribution in [3.63, 3.8) is 0 Å². The fourth-order valence-electron chi connectivity index (χ4n) is 2.72. The molecule has 0 radical (unpaired) electrons. The van der Waals surface area contributed by atoms with Crippen molar-refractivity contribution in [2.75, 3.05) is 23.3 Å². The van der Waals surface area contributed by atoms with Gasteiger partial charge in [-0.25, -0.2) is 9.97 Å². The van der Waals surface area contributed by atoms with E-state index in [4.69, 9.17) is 23.2 Å². The second-order valence-electron chi connectivity index (χ2n) is 7.07. The van der Waals surface area contributed by atoms with E-state index in [0.29, 0.717) is 35.6 Å². The molecule has 1 aromatic carbocycles. The van der Waals surface area contributed by atoms with Crippen LogP contribution in [0.5, 0.6) is 0 Å². The van der Waals surface area contributed by atoms with Gasteiger partial charge in [-0.3, -0.25) is 10.1 Å². The smallest absolute Gasteiger partial charge is 0.350 e. The number of benzene rings is 1. The molecule has 0 aliphatic heterocycles. The van der Waals surface area contributed by atoms with Gasteiger partial charge < -0.3 is 10.2 Å². The molecule has 1 aromatic heterocycles. The molecule has 0 amide bonds.